The fourth-order valence-corrected chi connectivity index (χ4v) is 3.53. The summed E-state index contributed by atoms with van der Waals surface area (Å²) in [4.78, 5) is 29.8. The Morgan fingerprint density at radius 2 is 2.00 bits per heavy atom. The molecular weight excluding hydrogens is 325 g/mol. The molecule has 2 heterocycles. The molecule has 6 nitrogen and oxygen atoms in total. The minimum Gasteiger partial charge on any atom is -0.496 e. The second kappa shape index (κ2) is 7.39. The molecule has 25 heavy (non-hydrogen) atoms. The van der Waals surface area contributed by atoms with Gasteiger partial charge in [0.1, 0.15) is 11.6 Å². The maximum absolute atomic E-state index is 13.5. The number of halogens is 1. The SMILES string of the molecule is COc1ccc(F)cc1CN1CCN(C(=O)[C@H]2CC(=O)N(C)C2)CC1. The van der Waals surface area contributed by atoms with Crippen molar-refractivity contribution in [3.8, 4) is 5.75 Å². The van der Waals surface area contributed by atoms with Crippen LogP contribution in [0.5, 0.6) is 5.75 Å². The van der Waals surface area contributed by atoms with E-state index in [9.17, 15) is 14.0 Å². The van der Waals surface area contributed by atoms with Gasteiger partial charge in [0.2, 0.25) is 11.8 Å². The molecule has 2 aliphatic heterocycles. The van der Waals surface area contributed by atoms with Gasteiger partial charge >= 0.3 is 0 Å². The average molecular weight is 349 g/mol. The highest BCUT2D eigenvalue weighted by atomic mass is 19.1. The summed E-state index contributed by atoms with van der Waals surface area (Å²) >= 11 is 0. The summed E-state index contributed by atoms with van der Waals surface area (Å²) in [7, 11) is 3.31. The molecule has 2 fully saturated rings. The van der Waals surface area contributed by atoms with E-state index in [-0.39, 0.29) is 23.5 Å². The van der Waals surface area contributed by atoms with Gasteiger partial charge in [0.05, 0.1) is 13.0 Å². The molecule has 7 heteroatoms. The zero-order chi connectivity index (χ0) is 18.0. The Balaban J connectivity index is 1.55. The number of nitrogens with zero attached hydrogens (tertiary/aromatic N) is 3. The van der Waals surface area contributed by atoms with E-state index in [0.29, 0.717) is 38.3 Å². The molecule has 2 saturated heterocycles. The van der Waals surface area contributed by atoms with Crippen molar-refractivity contribution in [1.29, 1.82) is 0 Å². The number of amides is 2. The largest absolute Gasteiger partial charge is 0.496 e. The first kappa shape index (κ1) is 17.7. The lowest BCUT2D eigenvalue weighted by molar-refractivity contribution is -0.137. The molecule has 1 aromatic carbocycles. The van der Waals surface area contributed by atoms with Gasteiger partial charge in [-0.25, -0.2) is 4.39 Å². The second-order valence-corrected chi connectivity index (χ2v) is 6.73. The minimum absolute atomic E-state index is 0.0372. The van der Waals surface area contributed by atoms with Crippen molar-refractivity contribution in [1.82, 2.24) is 14.7 Å². The number of piperazine rings is 1. The number of rotatable bonds is 4. The van der Waals surface area contributed by atoms with E-state index >= 15 is 0 Å². The van der Waals surface area contributed by atoms with E-state index in [1.807, 2.05) is 4.90 Å². The number of likely N-dealkylation sites (tertiary alicyclic amines) is 1. The Hall–Kier alpha value is -2.15. The molecule has 0 unspecified atom stereocenters. The molecule has 0 aliphatic carbocycles. The zero-order valence-corrected chi connectivity index (χ0v) is 14.7. The molecule has 0 aromatic heterocycles. The van der Waals surface area contributed by atoms with Crippen molar-refractivity contribution in [2.75, 3.05) is 46.9 Å². The molecule has 2 aliphatic rings. The van der Waals surface area contributed by atoms with E-state index in [0.717, 1.165) is 18.7 Å². The van der Waals surface area contributed by atoms with E-state index in [1.54, 1.807) is 25.1 Å². The smallest absolute Gasteiger partial charge is 0.228 e. The van der Waals surface area contributed by atoms with Crippen molar-refractivity contribution in [3.05, 3.63) is 29.6 Å². The Bertz CT molecular complexity index is 659. The third kappa shape index (κ3) is 3.92. The quantitative estimate of drug-likeness (QED) is 0.812. The Morgan fingerprint density at radius 1 is 1.28 bits per heavy atom. The van der Waals surface area contributed by atoms with Gasteiger partial charge in [-0.2, -0.15) is 0 Å². The van der Waals surface area contributed by atoms with Gasteiger partial charge in [0.15, 0.2) is 0 Å². The van der Waals surface area contributed by atoms with Gasteiger partial charge in [0.25, 0.3) is 0 Å². The maximum atomic E-state index is 13.5. The lowest BCUT2D eigenvalue weighted by Crippen LogP contribution is -2.50. The van der Waals surface area contributed by atoms with E-state index in [4.69, 9.17) is 4.74 Å². The lowest BCUT2D eigenvalue weighted by atomic mass is 10.1. The molecule has 0 bridgehead atoms. The predicted octanol–water partition coefficient (Wildman–Crippen LogP) is 0.957. The summed E-state index contributed by atoms with van der Waals surface area (Å²) in [6.07, 6.45) is 0.316. The van der Waals surface area contributed by atoms with Crippen molar-refractivity contribution < 1.29 is 18.7 Å². The number of carbonyl (C=O) groups excluding carboxylic acids is 2. The zero-order valence-electron chi connectivity index (χ0n) is 14.7. The topological polar surface area (TPSA) is 53.1 Å². The van der Waals surface area contributed by atoms with Crippen LogP contribution in [0.1, 0.15) is 12.0 Å². The van der Waals surface area contributed by atoms with Gasteiger partial charge < -0.3 is 14.5 Å². The molecule has 136 valence electrons. The van der Waals surface area contributed by atoms with E-state index in [1.165, 1.54) is 12.1 Å². The number of methoxy groups -OCH3 is 1. The molecule has 0 radical (unpaired) electrons. The molecular formula is C18H24FN3O3. The van der Waals surface area contributed by atoms with Crippen molar-refractivity contribution in [2.45, 2.75) is 13.0 Å². The lowest BCUT2D eigenvalue weighted by Gasteiger charge is -2.36. The van der Waals surface area contributed by atoms with Crippen LogP contribution in [-0.4, -0.2) is 73.4 Å². The van der Waals surface area contributed by atoms with E-state index < -0.39 is 0 Å². The van der Waals surface area contributed by atoms with Crippen LogP contribution in [0.2, 0.25) is 0 Å². The van der Waals surface area contributed by atoms with Crippen LogP contribution in [0.25, 0.3) is 0 Å². The highest BCUT2D eigenvalue weighted by Gasteiger charge is 2.35. The molecule has 2 amide bonds. The number of ether oxygens (including phenoxy) is 1. The first-order chi connectivity index (χ1) is 12.0. The number of hydrogen-bond donors (Lipinski definition) is 0. The van der Waals surface area contributed by atoms with Crippen LogP contribution in [-0.2, 0) is 16.1 Å². The Kier molecular flexibility index (Phi) is 5.22. The first-order valence-corrected chi connectivity index (χ1v) is 8.55. The van der Waals surface area contributed by atoms with Gasteiger partial charge in [-0.1, -0.05) is 0 Å². The van der Waals surface area contributed by atoms with Gasteiger partial charge in [-0.3, -0.25) is 14.5 Å². The standard InChI is InChI=1S/C18H24FN3O3/c1-20-11-14(10-17(20)23)18(24)22-7-5-21(6-8-22)12-13-9-15(19)3-4-16(13)25-2/h3-4,9,14H,5-8,10-12H2,1-2H3/t14-/m0/s1. The summed E-state index contributed by atoms with van der Waals surface area (Å²) < 4.78 is 18.8. The van der Waals surface area contributed by atoms with Crippen molar-refractivity contribution >= 4 is 11.8 Å². The summed E-state index contributed by atoms with van der Waals surface area (Å²) in [6, 6.07) is 4.52. The van der Waals surface area contributed by atoms with Crippen molar-refractivity contribution in [3.63, 3.8) is 0 Å². The molecule has 0 spiro atoms. The molecule has 1 aromatic rings. The fraction of sp³-hybridized carbons (Fsp3) is 0.556. The van der Waals surface area contributed by atoms with Gasteiger partial charge in [-0.05, 0) is 18.2 Å². The summed E-state index contributed by atoms with van der Waals surface area (Å²) in [5.41, 5.74) is 0.810. The van der Waals surface area contributed by atoms with Crippen molar-refractivity contribution in [2.24, 2.45) is 5.92 Å². The van der Waals surface area contributed by atoms with Gasteiger partial charge in [-0.15, -0.1) is 0 Å². The van der Waals surface area contributed by atoms with Crippen LogP contribution in [0.4, 0.5) is 4.39 Å². The summed E-state index contributed by atoms with van der Waals surface area (Å²) in [5, 5.41) is 0. The minimum atomic E-state index is -0.278. The Morgan fingerprint density at radius 3 is 2.60 bits per heavy atom. The molecule has 1 atom stereocenters. The van der Waals surface area contributed by atoms with Crippen LogP contribution in [0, 0.1) is 11.7 Å². The van der Waals surface area contributed by atoms with Crippen LogP contribution < -0.4 is 4.74 Å². The van der Waals surface area contributed by atoms with Crippen LogP contribution >= 0.6 is 0 Å². The highest BCUT2D eigenvalue weighted by molar-refractivity contribution is 5.89. The predicted molar refractivity (Wildman–Crippen MR) is 90.6 cm³/mol. The average Bonchev–Trinajstić information content (AvgIpc) is 2.94. The van der Waals surface area contributed by atoms with Gasteiger partial charge in [0, 0.05) is 58.3 Å². The summed E-state index contributed by atoms with van der Waals surface area (Å²) in [6.45, 7) is 3.81. The molecule has 3 rings (SSSR count). The third-order valence-corrected chi connectivity index (χ3v) is 5.01. The van der Waals surface area contributed by atoms with Crippen LogP contribution in [0.15, 0.2) is 18.2 Å². The summed E-state index contributed by atoms with van der Waals surface area (Å²) in [5.74, 6) is 0.287. The third-order valence-electron chi connectivity index (χ3n) is 5.01. The fourth-order valence-electron chi connectivity index (χ4n) is 3.53. The monoisotopic (exact) mass is 349 g/mol. The highest BCUT2D eigenvalue weighted by Crippen LogP contribution is 2.23. The number of benzene rings is 1. The van der Waals surface area contributed by atoms with E-state index in [2.05, 4.69) is 4.90 Å². The number of hydrogen-bond acceptors (Lipinski definition) is 4. The van der Waals surface area contributed by atoms with Crippen LogP contribution in [0.3, 0.4) is 0 Å². The second-order valence-electron chi connectivity index (χ2n) is 6.73. The number of carbonyl (C=O) groups is 2. The first-order valence-electron chi connectivity index (χ1n) is 8.55. The normalized spacial score (nSPS) is 21.7. The molecule has 0 N–H and O–H groups in total. The molecule has 0 saturated carbocycles. The Labute approximate surface area is 147 Å². The maximum Gasteiger partial charge on any atom is 0.228 e.